The Morgan fingerprint density at radius 1 is 1.39 bits per heavy atom. The molecular weight excluding hydrogens is 316 g/mol. The molecule has 1 aromatic carbocycles. The summed E-state index contributed by atoms with van der Waals surface area (Å²) in [7, 11) is 0. The van der Waals surface area contributed by atoms with Crippen LogP contribution in [0, 0.1) is 18.3 Å². The molecule has 0 amide bonds. The van der Waals surface area contributed by atoms with E-state index in [1.807, 2.05) is 31.2 Å². The van der Waals surface area contributed by atoms with Crippen LogP contribution in [0.1, 0.15) is 11.1 Å². The van der Waals surface area contributed by atoms with Gasteiger partial charge < -0.3 is 5.32 Å². The second-order valence-corrected chi connectivity index (χ2v) is 4.86. The topological polar surface area (TPSA) is 61.6 Å². The number of halogens is 2. The summed E-state index contributed by atoms with van der Waals surface area (Å²) in [4.78, 5) is 7.81. The van der Waals surface area contributed by atoms with Gasteiger partial charge in [0.25, 0.3) is 0 Å². The minimum Gasteiger partial charge on any atom is -0.339 e. The number of hydrogen-bond donors (Lipinski definition) is 1. The smallest absolute Gasteiger partial charge is 0.153 e. The van der Waals surface area contributed by atoms with Gasteiger partial charge in [-0.3, -0.25) is 0 Å². The summed E-state index contributed by atoms with van der Waals surface area (Å²) >= 11 is 9.24. The van der Waals surface area contributed by atoms with E-state index in [0.29, 0.717) is 5.82 Å². The zero-order valence-corrected chi connectivity index (χ0v) is 11.7. The molecule has 2 aromatic rings. The fourth-order valence-corrected chi connectivity index (χ4v) is 1.95. The van der Waals surface area contributed by atoms with Crippen molar-refractivity contribution in [3.05, 3.63) is 45.3 Å². The first-order valence-corrected chi connectivity index (χ1v) is 6.22. The van der Waals surface area contributed by atoms with E-state index in [2.05, 4.69) is 31.2 Å². The maximum absolute atomic E-state index is 9.04. The number of nitrogens with zero attached hydrogens (tertiary/aromatic N) is 3. The van der Waals surface area contributed by atoms with Crippen molar-refractivity contribution in [3.63, 3.8) is 0 Å². The number of aromatic nitrogens is 2. The maximum Gasteiger partial charge on any atom is 0.153 e. The monoisotopic (exact) mass is 322 g/mol. The van der Waals surface area contributed by atoms with Gasteiger partial charge >= 0.3 is 0 Å². The number of hydrogen-bond acceptors (Lipinski definition) is 4. The van der Waals surface area contributed by atoms with Crippen LogP contribution < -0.4 is 5.32 Å². The molecule has 0 saturated heterocycles. The third kappa shape index (κ3) is 2.61. The van der Waals surface area contributed by atoms with Gasteiger partial charge in [0.15, 0.2) is 11.0 Å². The van der Waals surface area contributed by atoms with E-state index in [-0.39, 0.29) is 10.7 Å². The molecule has 90 valence electrons. The van der Waals surface area contributed by atoms with Crippen LogP contribution in [0.3, 0.4) is 0 Å². The van der Waals surface area contributed by atoms with Crippen molar-refractivity contribution in [2.45, 2.75) is 6.92 Å². The molecule has 0 spiro atoms. The molecule has 0 unspecified atom stereocenters. The zero-order valence-electron chi connectivity index (χ0n) is 9.41. The summed E-state index contributed by atoms with van der Waals surface area (Å²) in [5, 5.41) is 12.3. The van der Waals surface area contributed by atoms with Gasteiger partial charge in [-0.25, -0.2) is 9.97 Å². The Kier molecular flexibility index (Phi) is 3.80. The summed E-state index contributed by atoms with van der Waals surface area (Å²) in [6, 6.07) is 7.80. The van der Waals surface area contributed by atoms with E-state index in [4.69, 9.17) is 16.9 Å². The normalized spacial score (nSPS) is 9.89. The average molecular weight is 324 g/mol. The van der Waals surface area contributed by atoms with E-state index >= 15 is 0 Å². The second kappa shape index (κ2) is 5.34. The van der Waals surface area contributed by atoms with Gasteiger partial charge in [0.1, 0.15) is 18.0 Å². The lowest BCUT2D eigenvalue weighted by Crippen LogP contribution is -2.00. The first kappa shape index (κ1) is 12.8. The number of anilines is 2. The van der Waals surface area contributed by atoms with Crippen molar-refractivity contribution in [2.75, 3.05) is 5.32 Å². The lowest BCUT2D eigenvalue weighted by Gasteiger charge is -2.10. The van der Waals surface area contributed by atoms with Crippen LogP contribution in [0.4, 0.5) is 11.5 Å². The largest absolute Gasteiger partial charge is 0.339 e. The van der Waals surface area contributed by atoms with Gasteiger partial charge in [-0.05, 0) is 24.6 Å². The maximum atomic E-state index is 9.04. The molecule has 0 atom stereocenters. The minimum absolute atomic E-state index is 0.141. The Balaban J connectivity index is 2.44. The van der Waals surface area contributed by atoms with Crippen LogP contribution >= 0.6 is 27.5 Å². The third-order valence-electron chi connectivity index (χ3n) is 2.37. The van der Waals surface area contributed by atoms with E-state index in [9.17, 15) is 0 Å². The summed E-state index contributed by atoms with van der Waals surface area (Å²) in [5.74, 6) is 0.402. The zero-order chi connectivity index (χ0) is 13.1. The number of aryl methyl sites for hydroxylation is 1. The fraction of sp³-hybridized carbons (Fsp3) is 0.0833. The van der Waals surface area contributed by atoms with E-state index < -0.39 is 0 Å². The highest BCUT2D eigenvalue weighted by atomic mass is 79.9. The molecule has 0 aliphatic rings. The van der Waals surface area contributed by atoms with Gasteiger partial charge in [0.05, 0.1) is 0 Å². The van der Waals surface area contributed by atoms with Crippen molar-refractivity contribution in [2.24, 2.45) is 0 Å². The molecule has 6 heteroatoms. The van der Waals surface area contributed by atoms with E-state index in [0.717, 1.165) is 15.7 Å². The van der Waals surface area contributed by atoms with Crippen LogP contribution in [0.25, 0.3) is 0 Å². The SMILES string of the molecule is Cc1ccc(Br)cc1Nc1ncnc(Cl)c1C#N. The molecule has 0 bridgehead atoms. The second-order valence-electron chi connectivity index (χ2n) is 3.58. The first-order chi connectivity index (χ1) is 8.61. The molecule has 0 fully saturated rings. The van der Waals surface area contributed by atoms with Crippen LogP contribution in [0.2, 0.25) is 5.15 Å². The Labute approximate surface area is 118 Å². The number of benzene rings is 1. The van der Waals surface area contributed by atoms with Crippen LogP contribution in [0.5, 0.6) is 0 Å². The third-order valence-corrected chi connectivity index (χ3v) is 3.15. The van der Waals surface area contributed by atoms with Crippen molar-refractivity contribution in [1.82, 2.24) is 9.97 Å². The molecule has 1 heterocycles. The highest BCUT2D eigenvalue weighted by Gasteiger charge is 2.10. The van der Waals surface area contributed by atoms with Gasteiger partial charge in [0, 0.05) is 10.2 Å². The Hall–Kier alpha value is -1.64. The summed E-state index contributed by atoms with van der Waals surface area (Å²) in [6.07, 6.45) is 1.32. The van der Waals surface area contributed by atoms with Crippen molar-refractivity contribution < 1.29 is 0 Å². The summed E-state index contributed by atoms with van der Waals surface area (Å²) in [6.45, 7) is 1.96. The highest BCUT2D eigenvalue weighted by molar-refractivity contribution is 9.10. The predicted octanol–water partition coefficient (Wildman–Crippen LogP) is 3.82. The molecular formula is C12H8BrClN4. The van der Waals surface area contributed by atoms with Crippen molar-refractivity contribution in [1.29, 1.82) is 5.26 Å². The van der Waals surface area contributed by atoms with Crippen molar-refractivity contribution in [3.8, 4) is 6.07 Å². The molecule has 0 saturated carbocycles. The lowest BCUT2D eigenvalue weighted by molar-refractivity contribution is 1.15. The first-order valence-electron chi connectivity index (χ1n) is 5.05. The Morgan fingerprint density at radius 3 is 2.89 bits per heavy atom. The van der Waals surface area contributed by atoms with Crippen LogP contribution in [-0.4, -0.2) is 9.97 Å². The van der Waals surface area contributed by atoms with E-state index in [1.165, 1.54) is 6.33 Å². The van der Waals surface area contributed by atoms with Gasteiger partial charge in [0.2, 0.25) is 0 Å². The summed E-state index contributed by atoms with van der Waals surface area (Å²) in [5.41, 5.74) is 2.13. The lowest BCUT2D eigenvalue weighted by atomic mass is 10.2. The van der Waals surface area contributed by atoms with Gasteiger partial charge in [-0.15, -0.1) is 0 Å². The molecule has 2 rings (SSSR count). The van der Waals surface area contributed by atoms with Crippen LogP contribution in [0.15, 0.2) is 29.0 Å². The average Bonchev–Trinajstić information content (AvgIpc) is 2.34. The molecule has 0 aliphatic carbocycles. The number of rotatable bonds is 2. The number of nitriles is 1. The van der Waals surface area contributed by atoms with E-state index in [1.54, 1.807) is 0 Å². The minimum atomic E-state index is 0.141. The molecule has 1 aromatic heterocycles. The fourth-order valence-electron chi connectivity index (χ4n) is 1.41. The van der Waals surface area contributed by atoms with Gasteiger partial charge in [-0.1, -0.05) is 33.6 Å². The predicted molar refractivity (Wildman–Crippen MR) is 73.9 cm³/mol. The highest BCUT2D eigenvalue weighted by Crippen LogP contribution is 2.26. The molecule has 18 heavy (non-hydrogen) atoms. The van der Waals surface area contributed by atoms with Crippen molar-refractivity contribution >= 4 is 39.0 Å². The van der Waals surface area contributed by atoms with Gasteiger partial charge in [-0.2, -0.15) is 5.26 Å². The Morgan fingerprint density at radius 2 is 2.17 bits per heavy atom. The Bertz CT molecular complexity index is 636. The molecule has 1 N–H and O–H groups in total. The molecule has 0 radical (unpaired) electrons. The number of nitrogens with one attached hydrogen (secondary N) is 1. The van der Waals surface area contributed by atoms with Crippen LogP contribution in [-0.2, 0) is 0 Å². The molecule has 0 aliphatic heterocycles. The quantitative estimate of drug-likeness (QED) is 0.854. The molecule has 4 nitrogen and oxygen atoms in total. The summed E-state index contributed by atoms with van der Waals surface area (Å²) < 4.78 is 0.939. The standard InChI is InChI=1S/C12H8BrClN4/c1-7-2-3-8(13)4-10(7)18-12-9(5-15)11(14)16-6-17-12/h2-4,6H,1H3,(H,16,17,18).